The van der Waals surface area contributed by atoms with Gasteiger partial charge in [0.2, 0.25) is 23.7 Å². The number of imide groups is 1. The second-order valence-electron chi connectivity index (χ2n) is 13.8. The van der Waals surface area contributed by atoms with E-state index < -0.39 is 17.7 Å². The lowest BCUT2D eigenvalue weighted by atomic mass is 9.89. The molecule has 3 saturated heterocycles. The number of aromatic nitrogens is 2. The van der Waals surface area contributed by atoms with Crippen LogP contribution in [0.2, 0.25) is 5.02 Å². The molecule has 1 aromatic heterocycles. The van der Waals surface area contributed by atoms with E-state index in [9.17, 15) is 23.2 Å². The zero-order valence-corrected chi connectivity index (χ0v) is 31.0. The molecule has 4 heterocycles. The van der Waals surface area contributed by atoms with Crippen molar-refractivity contribution in [3.05, 3.63) is 89.1 Å². The van der Waals surface area contributed by atoms with Gasteiger partial charge in [-0.2, -0.15) is 4.98 Å². The lowest BCUT2D eigenvalue weighted by Crippen LogP contribution is -2.51. The van der Waals surface area contributed by atoms with Crippen molar-refractivity contribution in [3.63, 3.8) is 0 Å². The van der Waals surface area contributed by atoms with Crippen LogP contribution in [-0.4, -0.2) is 96.5 Å². The molecule has 0 bridgehead atoms. The predicted molar refractivity (Wildman–Crippen MR) is 206 cm³/mol. The van der Waals surface area contributed by atoms with Crippen LogP contribution in [0.3, 0.4) is 0 Å². The van der Waals surface area contributed by atoms with E-state index in [0.29, 0.717) is 62.9 Å². The Morgan fingerprint density at radius 3 is 2.42 bits per heavy atom. The third-order valence-corrected chi connectivity index (χ3v) is 10.5. The van der Waals surface area contributed by atoms with E-state index in [1.807, 2.05) is 35.2 Å². The molecule has 3 fully saturated rings. The van der Waals surface area contributed by atoms with Gasteiger partial charge in [-0.1, -0.05) is 23.7 Å². The predicted octanol–water partition coefficient (Wildman–Crippen LogP) is 5.65. The summed E-state index contributed by atoms with van der Waals surface area (Å²) in [7, 11) is 1.56. The van der Waals surface area contributed by atoms with Crippen LogP contribution in [0.15, 0.2) is 66.9 Å². The smallest absolute Gasteiger partial charge is 0.249 e. The monoisotopic (exact) mass is 773 g/mol. The molecule has 3 aromatic carbocycles. The Bertz CT molecular complexity index is 2040. The second-order valence-corrected chi connectivity index (χ2v) is 14.2. The molecule has 0 aliphatic carbocycles. The molecule has 13 nitrogen and oxygen atoms in total. The molecule has 7 rings (SSSR count). The summed E-state index contributed by atoms with van der Waals surface area (Å²) in [5.74, 6) is -0.428. The van der Waals surface area contributed by atoms with E-state index in [1.54, 1.807) is 7.11 Å². The first-order valence-electron chi connectivity index (χ1n) is 18.3. The molecular formula is C39H42ClF2N9O4. The molecule has 1 unspecified atom stereocenters. The number of hydrogen-bond donors (Lipinski definition) is 4. The number of methoxy groups -OCH3 is 1. The SMILES string of the molecule is COc1cc(N2CCN(C(=O)CN3CCC(c4ccc(NC5CCC(=O)NC5=O)cc4)CC3)CC2)ccc1Nc1ncc(Cl)c(Nc2cc(F)ccc2F)n1. The van der Waals surface area contributed by atoms with Crippen LogP contribution in [0.4, 0.5) is 43.3 Å². The summed E-state index contributed by atoms with van der Waals surface area (Å²) in [4.78, 5) is 51.8. The number of piperidine rings is 2. The lowest BCUT2D eigenvalue weighted by molar-refractivity contribution is -0.134. The molecule has 288 valence electrons. The number of benzene rings is 3. The van der Waals surface area contributed by atoms with Crippen molar-refractivity contribution >= 4 is 63.8 Å². The summed E-state index contributed by atoms with van der Waals surface area (Å²) in [6.07, 6.45) is 4.10. The summed E-state index contributed by atoms with van der Waals surface area (Å²) in [5, 5.41) is 11.6. The van der Waals surface area contributed by atoms with Gasteiger partial charge in [0.1, 0.15) is 28.4 Å². The maximum atomic E-state index is 14.2. The average molecular weight is 774 g/mol. The zero-order chi connectivity index (χ0) is 38.5. The average Bonchev–Trinajstić information content (AvgIpc) is 3.19. The number of rotatable bonds is 11. The fourth-order valence-corrected chi connectivity index (χ4v) is 7.29. The molecule has 1 atom stereocenters. The van der Waals surface area contributed by atoms with Crippen LogP contribution in [0.1, 0.15) is 37.2 Å². The highest BCUT2D eigenvalue weighted by atomic mass is 35.5. The molecule has 0 spiro atoms. The number of halogens is 3. The topological polar surface area (TPSA) is 144 Å². The normalized spacial score (nSPS) is 18.1. The number of amides is 3. The molecule has 3 amide bonds. The molecule has 4 N–H and O–H groups in total. The van der Waals surface area contributed by atoms with Crippen molar-refractivity contribution in [1.29, 1.82) is 0 Å². The van der Waals surface area contributed by atoms with Crippen molar-refractivity contribution in [2.75, 3.05) is 73.8 Å². The van der Waals surface area contributed by atoms with Gasteiger partial charge in [0.25, 0.3) is 0 Å². The van der Waals surface area contributed by atoms with E-state index in [1.165, 1.54) is 11.8 Å². The summed E-state index contributed by atoms with van der Waals surface area (Å²) >= 11 is 6.24. The number of carbonyl (C=O) groups excluding carboxylic acids is 3. The number of piperazine rings is 1. The van der Waals surface area contributed by atoms with Gasteiger partial charge >= 0.3 is 0 Å². The van der Waals surface area contributed by atoms with Gasteiger partial charge in [0.15, 0.2) is 5.82 Å². The first kappa shape index (κ1) is 37.8. The molecule has 3 aliphatic heterocycles. The Morgan fingerprint density at radius 1 is 0.927 bits per heavy atom. The molecule has 16 heteroatoms. The number of nitrogens with one attached hydrogen (secondary N) is 4. The van der Waals surface area contributed by atoms with Gasteiger partial charge in [0.05, 0.1) is 31.2 Å². The first-order chi connectivity index (χ1) is 26.6. The van der Waals surface area contributed by atoms with E-state index in [4.69, 9.17) is 16.3 Å². The van der Waals surface area contributed by atoms with Crippen LogP contribution in [0.25, 0.3) is 0 Å². The van der Waals surface area contributed by atoms with Gasteiger partial charge in [0, 0.05) is 56.1 Å². The number of likely N-dealkylation sites (tertiary alicyclic amines) is 1. The fourth-order valence-electron chi connectivity index (χ4n) is 7.15. The third-order valence-electron chi connectivity index (χ3n) is 10.3. The molecule has 0 radical (unpaired) electrons. The lowest BCUT2D eigenvalue weighted by Gasteiger charge is -2.38. The van der Waals surface area contributed by atoms with Crippen molar-refractivity contribution in [3.8, 4) is 5.75 Å². The zero-order valence-electron chi connectivity index (χ0n) is 30.3. The van der Waals surface area contributed by atoms with Gasteiger partial charge in [-0.25, -0.2) is 13.8 Å². The maximum absolute atomic E-state index is 14.2. The number of nitrogens with zero attached hydrogens (tertiary/aromatic N) is 5. The second kappa shape index (κ2) is 16.9. The molecular weight excluding hydrogens is 732 g/mol. The highest BCUT2D eigenvalue weighted by molar-refractivity contribution is 6.32. The Hall–Kier alpha value is -5.54. The Kier molecular flexibility index (Phi) is 11.6. The van der Waals surface area contributed by atoms with E-state index in [2.05, 4.69) is 53.2 Å². The first-order valence-corrected chi connectivity index (χ1v) is 18.6. The van der Waals surface area contributed by atoms with Crippen LogP contribution in [0, 0.1) is 11.6 Å². The Labute approximate surface area is 322 Å². The van der Waals surface area contributed by atoms with E-state index >= 15 is 0 Å². The highest BCUT2D eigenvalue weighted by Gasteiger charge is 2.28. The van der Waals surface area contributed by atoms with Crippen LogP contribution >= 0.6 is 11.6 Å². The summed E-state index contributed by atoms with van der Waals surface area (Å²) in [6.45, 7) is 4.65. The van der Waals surface area contributed by atoms with Crippen molar-refractivity contribution in [2.24, 2.45) is 0 Å². The number of hydrogen-bond acceptors (Lipinski definition) is 11. The van der Waals surface area contributed by atoms with Gasteiger partial charge in [-0.05, 0) is 80.2 Å². The molecule has 4 aromatic rings. The molecule has 55 heavy (non-hydrogen) atoms. The standard InChI is InChI=1S/C39H42ClF2N9O4/c1-55-34-21-28(7-9-31(34)46-39-43-22-29(40)37(48-39)45-33-20-26(41)4-8-30(33)42)50-16-18-51(19-17-50)36(53)23-49-14-12-25(13-15-49)24-2-5-27(6-3-24)44-32-10-11-35(52)47-38(32)54/h2-9,20-22,25,32,44H,10-19,23H2,1H3,(H,47,52,54)(H2,43,45,46,48). The number of ether oxygens (including phenoxy) is 1. The Balaban J connectivity index is 0.872. The minimum Gasteiger partial charge on any atom is -0.494 e. The molecule has 0 saturated carbocycles. The van der Waals surface area contributed by atoms with Gasteiger partial charge < -0.3 is 30.5 Å². The third kappa shape index (κ3) is 9.23. The highest BCUT2D eigenvalue weighted by Crippen LogP contribution is 2.34. The number of carbonyl (C=O) groups is 3. The van der Waals surface area contributed by atoms with Gasteiger partial charge in [-0.15, -0.1) is 0 Å². The van der Waals surface area contributed by atoms with Gasteiger partial charge in [-0.3, -0.25) is 24.6 Å². The van der Waals surface area contributed by atoms with Crippen molar-refractivity contribution < 1.29 is 27.9 Å². The summed E-state index contributed by atoms with van der Waals surface area (Å²) in [5.41, 5.74) is 3.52. The maximum Gasteiger partial charge on any atom is 0.249 e. The van der Waals surface area contributed by atoms with Crippen LogP contribution in [0.5, 0.6) is 5.75 Å². The van der Waals surface area contributed by atoms with Crippen molar-refractivity contribution in [1.82, 2.24) is 25.1 Å². The minimum absolute atomic E-state index is 0.0985. The Morgan fingerprint density at radius 2 is 1.69 bits per heavy atom. The minimum atomic E-state index is -0.659. The van der Waals surface area contributed by atoms with Crippen LogP contribution < -0.4 is 30.9 Å². The fraction of sp³-hybridized carbons (Fsp3) is 0.359. The van der Waals surface area contributed by atoms with E-state index in [-0.39, 0.29) is 40.2 Å². The summed E-state index contributed by atoms with van der Waals surface area (Å²) < 4.78 is 33.6. The van der Waals surface area contributed by atoms with Crippen LogP contribution in [-0.2, 0) is 14.4 Å². The quantitative estimate of drug-likeness (QED) is 0.141. The number of anilines is 6. The molecule has 3 aliphatic rings. The van der Waals surface area contributed by atoms with Crippen molar-refractivity contribution in [2.45, 2.75) is 37.6 Å². The summed E-state index contributed by atoms with van der Waals surface area (Å²) in [6, 6.07) is 16.5. The van der Waals surface area contributed by atoms with E-state index in [0.717, 1.165) is 55.5 Å². The largest absolute Gasteiger partial charge is 0.494 e.